The number of nitrogens with zero attached hydrogens (tertiary/aromatic N) is 3. The molecule has 1 aromatic carbocycles. The lowest BCUT2D eigenvalue weighted by molar-refractivity contribution is -0.384. The summed E-state index contributed by atoms with van der Waals surface area (Å²) in [5.41, 5.74) is 0.820. The van der Waals surface area contributed by atoms with Crippen molar-refractivity contribution < 1.29 is 14.5 Å². The van der Waals surface area contributed by atoms with Crippen molar-refractivity contribution in [3.8, 4) is 5.75 Å². The van der Waals surface area contributed by atoms with Crippen molar-refractivity contribution in [3.05, 3.63) is 51.8 Å². The minimum absolute atomic E-state index is 0.0406. The van der Waals surface area contributed by atoms with Gasteiger partial charge in [-0.25, -0.2) is 4.79 Å². The second-order valence-corrected chi connectivity index (χ2v) is 4.18. The molecule has 0 fully saturated rings. The summed E-state index contributed by atoms with van der Waals surface area (Å²) < 4.78 is 6.82. The Balaban J connectivity index is 2.17. The topological polar surface area (TPSA) is 87.3 Å². The fraction of sp³-hybridized carbons (Fsp3) is 0.231. The second kappa shape index (κ2) is 5.52. The van der Waals surface area contributed by atoms with E-state index in [-0.39, 0.29) is 5.69 Å². The van der Waals surface area contributed by atoms with Gasteiger partial charge in [0.2, 0.25) is 0 Å². The molecule has 2 rings (SSSR count). The summed E-state index contributed by atoms with van der Waals surface area (Å²) in [6.07, 6.45) is 3.01. The Kier molecular flexibility index (Phi) is 3.79. The highest BCUT2D eigenvalue weighted by Crippen LogP contribution is 2.24. The number of hydrogen-bond donors (Lipinski definition) is 0. The van der Waals surface area contributed by atoms with Crippen molar-refractivity contribution >= 4 is 11.7 Å². The lowest BCUT2D eigenvalue weighted by atomic mass is 10.2. The second-order valence-electron chi connectivity index (χ2n) is 4.18. The van der Waals surface area contributed by atoms with Crippen LogP contribution in [0.15, 0.2) is 30.6 Å². The van der Waals surface area contributed by atoms with Gasteiger partial charge in [-0.05, 0) is 25.5 Å². The number of nitro benzene ring substituents is 1. The highest BCUT2D eigenvalue weighted by molar-refractivity contribution is 5.90. The highest BCUT2D eigenvalue weighted by Gasteiger charge is 2.14. The monoisotopic (exact) mass is 275 g/mol. The third-order valence-electron chi connectivity index (χ3n) is 2.76. The third kappa shape index (κ3) is 2.82. The van der Waals surface area contributed by atoms with E-state index < -0.39 is 10.9 Å². The van der Waals surface area contributed by atoms with E-state index in [2.05, 4.69) is 5.10 Å². The Morgan fingerprint density at radius 1 is 1.50 bits per heavy atom. The predicted molar refractivity (Wildman–Crippen MR) is 70.7 cm³/mol. The van der Waals surface area contributed by atoms with Crippen molar-refractivity contribution in [2.45, 2.75) is 20.4 Å². The summed E-state index contributed by atoms with van der Waals surface area (Å²) in [6.45, 7) is 4.21. The van der Waals surface area contributed by atoms with Gasteiger partial charge in [0.05, 0.1) is 16.7 Å². The van der Waals surface area contributed by atoms with Crippen LogP contribution in [0.5, 0.6) is 5.75 Å². The first kappa shape index (κ1) is 13.7. The molecule has 20 heavy (non-hydrogen) atoms. The van der Waals surface area contributed by atoms with Gasteiger partial charge in [0.25, 0.3) is 5.69 Å². The number of esters is 1. The van der Waals surface area contributed by atoms with E-state index in [1.54, 1.807) is 17.8 Å². The molecule has 0 aliphatic carbocycles. The molecule has 1 heterocycles. The number of nitro groups is 1. The van der Waals surface area contributed by atoms with Gasteiger partial charge in [-0.15, -0.1) is 0 Å². The molecule has 7 nitrogen and oxygen atoms in total. The van der Waals surface area contributed by atoms with Crippen LogP contribution >= 0.6 is 0 Å². The standard InChI is InChI=1S/C13H13N3O4/c1-3-15-8-10(7-14-15)13(17)20-12-5-4-11(16(18)19)6-9(12)2/h4-8H,3H2,1-2H3. The van der Waals surface area contributed by atoms with E-state index in [1.807, 2.05) is 6.92 Å². The predicted octanol–water partition coefficient (Wildman–Crippen LogP) is 2.34. The van der Waals surface area contributed by atoms with Crippen molar-refractivity contribution in [1.29, 1.82) is 0 Å². The Bertz CT molecular complexity index is 663. The zero-order valence-corrected chi connectivity index (χ0v) is 11.1. The van der Waals surface area contributed by atoms with E-state index in [4.69, 9.17) is 4.74 Å². The Morgan fingerprint density at radius 2 is 2.25 bits per heavy atom. The lowest BCUT2D eigenvalue weighted by Gasteiger charge is -2.05. The lowest BCUT2D eigenvalue weighted by Crippen LogP contribution is -2.08. The average Bonchev–Trinajstić information content (AvgIpc) is 2.89. The van der Waals surface area contributed by atoms with Crippen LogP contribution < -0.4 is 4.74 Å². The van der Waals surface area contributed by atoms with E-state index in [0.717, 1.165) is 0 Å². The first-order valence-electron chi connectivity index (χ1n) is 6.01. The summed E-state index contributed by atoms with van der Waals surface area (Å²) >= 11 is 0. The van der Waals surface area contributed by atoms with Gasteiger partial charge in [0, 0.05) is 24.9 Å². The number of aryl methyl sites for hydroxylation is 2. The molecular formula is C13H13N3O4. The fourth-order valence-corrected chi connectivity index (χ4v) is 1.66. The smallest absolute Gasteiger partial charge is 0.346 e. The van der Waals surface area contributed by atoms with Gasteiger partial charge in [-0.3, -0.25) is 14.8 Å². The van der Waals surface area contributed by atoms with Crippen molar-refractivity contribution in [1.82, 2.24) is 9.78 Å². The molecule has 0 aliphatic rings. The minimum Gasteiger partial charge on any atom is -0.423 e. The van der Waals surface area contributed by atoms with Crippen molar-refractivity contribution in [2.24, 2.45) is 0 Å². The van der Waals surface area contributed by atoms with Crippen LogP contribution in [0.3, 0.4) is 0 Å². The van der Waals surface area contributed by atoms with E-state index >= 15 is 0 Å². The quantitative estimate of drug-likeness (QED) is 0.370. The van der Waals surface area contributed by atoms with E-state index in [0.29, 0.717) is 23.4 Å². The average molecular weight is 275 g/mol. The van der Waals surface area contributed by atoms with Gasteiger partial charge >= 0.3 is 5.97 Å². The zero-order chi connectivity index (χ0) is 14.7. The number of non-ortho nitro benzene ring substituents is 1. The molecule has 0 saturated heterocycles. The molecule has 0 N–H and O–H groups in total. The first-order valence-corrected chi connectivity index (χ1v) is 6.01. The first-order chi connectivity index (χ1) is 9.51. The molecule has 2 aromatic rings. The Hall–Kier alpha value is -2.70. The highest BCUT2D eigenvalue weighted by atomic mass is 16.6. The Labute approximate surface area is 114 Å². The number of hydrogen-bond acceptors (Lipinski definition) is 5. The van der Waals surface area contributed by atoms with Crippen LogP contribution in [0.1, 0.15) is 22.8 Å². The minimum atomic E-state index is -0.540. The van der Waals surface area contributed by atoms with Crippen LogP contribution in [0, 0.1) is 17.0 Å². The van der Waals surface area contributed by atoms with Crippen LogP contribution in [-0.4, -0.2) is 20.7 Å². The van der Waals surface area contributed by atoms with Crippen LogP contribution in [0.2, 0.25) is 0 Å². The molecule has 1 aromatic heterocycles. The molecule has 0 bridgehead atoms. The van der Waals surface area contributed by atoms with Gasteiger partial charge in [-0.1, -0.05) is 0 Å². The maximum Gasteiger partial charge on any atom is 0.346 e. The van der Waals surface area contributed by atoms with Gasteiger partial charge < -0.3 is 4.74 Å². The molecule has 104 valence electrons. The number of carbonyl (C=O) groups is 1. The Morgan fingerprint density at radius 3 is 2.80 bits per heavy atom. The maximum absolute atomic E-state index is 11.9. The normalized spacial score (nSPS) is 10.3. The number of carbonyl (C=O) groups excluding carboxylic acids is 1. The number of rotatable bonds is 4. The summed E-state index contributed by atoms with van der Waals surface area (Å²) in [7, 11) is 0. The molecule has 7 heteroatoms. The zero-order valence-electron chi connectivity index (χ0n) is 11.1. The fourth-order valence-electron chi connectivity index (χ4n) is 1.66. The van der Waals surface area contributed by atoms with E-state index in [1.165, 1.54) is 24.4 Å². The molecule has 0 unspecified atom stereocenters. The van der Waals surface area contributed by atoms with E-state index in [9.17, 15) is 14.9 Å². The summed E-state index contributed by atoms with van der Waals surface area (Å²) in [6, 6.07) is 4.07. The molecule has 0 radical (unpaired) electrons. The molecule has 0 saturated carbocycles. The molecule has 0 amide bonds. The maximum atomic E-state index is 11.9. The SMILES string of the molecule is CCn1cc(C(=O)Oc2ccc([N+](=O)[O-])cc2C)cn1. The van der Waals surface area contributed by atoms with Gasteiger partial charge in [0.15, 0.2) is 0 Å². The van der Waals surface area contributed by atoms with Crippen molar-refractivity contribution in [3.63, 3.8) is 0 Å². The van der Waals surface area contributed by atoms with Gasteiger partial charge in [0.1, 0.15) is 5.75 Å². The summed E-state index contributed by atoms with van der Waals surface area (Å²) in [4.78, 5) is 22.0. The molecular weight excluding hydrogens is 262 g/mol. The summed E-state index contributed by atoms with van der Waals surface area (Å²) in [5, 5.41) is 14.6. The largest absolute Gasteiger partial charge is 0.423 e. The molecule has 0 atom stereocenters. The molecule has 0 aliphatic heterocycles. The van der Waals surface area contributed by atoms with Crippen LogP contribution in [-0.2, 0) is 6.54 Å². The van der Waals surface area contributed by atoms with Crippen LogP contribution in [0.25, 0.3) is 0 Å². The van der Waals surface area contributed by atoms with Crippen LogP contribution in [0.4, 0.5) is 5.69 Å². The number of ether oxygens (including phenoxy) is 1. The number of aromatic nitrogens is 2. The summed E-state index contributed by atoms with van der Waals surface area (Å²) in [5.74, 6) is -0.244. The van der Waals surface area contributed by atoms with Gasteiger partial charge in [-0.2, -0.15) is 5.10 Å². The van der Waals surface area contributed by atoms with Crippen molar-refractivity contribution in [2.75, 3.05) is 0 Å². The molecule has 0 spiro atoms. The number of benzene rings is 1. The third-order valence-corrected chi connectivity index (χ3v) is 2.76.